The molecule has 9 aromatic carbocycles. The number of fused-ring (bicyclic) bond motifs is 6. The monoisotopic (exact) mass is 1150 g/mol. The molecule has 0 aliphatic heterocycles. The molecule has 0 bridgehead atoms. The smallest absolute Gasteiger partial charge is 0.309 e. The average Bonchev–Trinajstić information content (AvgIpc) is 4.16. The molecule has 0 aliphatic carbocycles. The Kier molecular flexibility index (Phi) is 12.7. The Bertz CT molecular complexity index is 4410. The van der Waals surface area contributed by atoms with E-state index < -0.39 is 87.1 Å². The molecule has 2 aromatic heterocycles. The third kappa shape index (κ3) is 9.48. The number of benzene rings is 9. The normalized spacial score (nSPS) is 13.0. The van der Waals surface area contributed by atoms with Crippen LogP contribution >= 0.6 is 0 Å². The maximum absolute atomic E-state index is 14.8. The van der Waals surface area contributed by atoms with Crippen LogP contribution in [0.15, 0.2) is 176 Å². The number of halogens is 18. The van der Waals surface area contributed by atoms with Gasteiger partial charge in [0.2, 0.25) is 0 Å². The summed E-state index contributed by atoms with van der Waals surface area (Å²) in [7, 11) is 0. The maximum atomic E-state index is 14.8. The molecule has 0 radical (unpaired) electrons. The van der Waals surface area contributed by atoms with Gasteiger partial charge in [-0.1, -0.05) is 78.9 Å². The van der Waals surface area contributed by atoms with E-state index in [4.69, 9.17) is 0 Å². The van der Waals surface area contributed by atoms with Crippen LogP contribution in [0.3, 0.4) is 0 Å². The highest BCUT2D eigenvalue weighted by atomic mass is 19.4. The molecule has 82 heavy (non-hydrogen) atoms. The minimum absolute atomic E-state index is 0.0152. The minimum atomic E-state index is -5.36. The van der Waals surface area contributed by atoms with E-state index in [2.05, 4.69) is 6.07 Å². The summed E-state index contributed by atoms with van der Waals surface area (Å²) < 4.78 is 262. The lowest BCUT2D eigenvalue weighted by atomic mass is 9.87. The predicted octanol–water partition coefficient (Wildman–Crippen LogP) is 20.5. The fourth-order valence-electron chi connectivity index (χ4n) is 10.6. The summed E-state index contributed by atoms with van der Waals surface area (Å²) in [6, 6.07) is 33.5. The average molecular weight is 1150 g/mol. The summed E-state index contributed by atoms with van der Waals surface area (Å²) in [5, 5.41) is 12.1. The first-order chi connectivity index (χ1) is 38.4. The second-order valence-corrected chi connectivity index (χ2v) is 19.0. The Labute approximate surface area is 449 Å². The molecule has 0 aliphatic rings. The number of nitrogens with zero attached hydrogens (tertiary/aromatic N) is 3. The van der Waals surface area contributed by atoms with Crippen molar-refractivity contribution in [3.63, 3.8) is 0 Å². The highest BCUT2D eigenvalue weighted by molar-refractivity contribution is 6.13. The van der Waals surface area contributed by atoms with Crippen molar-refractivity contribution in [3.8, 4) is 62.0 Å². The van der Waals surface area contributed by atoms with Crippen molar-refractivity contribution >= 4 is 43.6 Å². The zero-order valence-corrected chi connectivity index (χ0v) is 40.9. The summed E-state index contributed by atoms with van der Waals surface area (Å²) in [5.74, 6) is 0. The number of hydrogen-bond donors (Lipinski definition) is 0. The van der Waals surface area contributed by atoms with Gasteiger partial charge < -0.3 is 9.13 Å². The fourth-order valence-corrected chi connectivity index (χ4v) is 10.6. The van der Waals surface area contributed by atoms with Crippen LogP contribution in [0.25, 0.3) is 99.5 Å². The zero-order chi connectivity index (χ0) is 58.8. The SMILES string of the molecule is N#Cc1cccc(-n2c3ccccc3c3cc(-c4ccc(C(F)(F)F)cc4C(F)(F)F)ccc32)c1-c1c(-c2cc(C(F)(F)F)cc(C(F)(F)F)c2)cccc1-n1c2ccccc2c2cc(-c3ccc(C(F)(F)F)cc3C(F)(F)F)ccc21. The van der Waals surface area contributed by atoms with E-state index >= 15 is 0 Å². The molecular weight excluding hydrogens is 1120 g/mol. The highest BCUT2D eigenvalue weighted by Gasteiger charge is 2.41. The van der Waals surface area contributed by atoms with Crippen molar-refractivity contribution in [2.24, 2.45) is 0 Å². The Morgan fingerprint density at radius 2 is 0.695 bits per heavy atom. The molecule has 11 aromatic rings. The topological polar surface area (TPSA) is 33.6 Å². The predicted molar refractivity (Wildman–Crippen MR) is 272 cm³/mol. The van der Waals surface area contributed by atoms with Crippen molar-refractivity contribution in [1.82, 2.24) is 9.13 Å². The Morgan fingerprint density at radius 3 is 1.11 bits per heavy atom. The van der Waals surface area contributed by atoms with Gasteiger partial charge in [0.1, 0.15) is 0 Å². The quantitative estimate of drug-likeness (QED) is 0.153. The highest BCUT2D eigenvalue weighted by Crippen LogP contribution is 2.50. The molecule has 0 atom stereocenters. The number of aromatic nitrogens is 2. The molecule has 0 saturated carbocycles. The molecule has 0 N–H and O–H groups in total. The van der Waals surface area contributed by atoms with Crippen LogP contribution < -0.4 is 0 Å². The number of hydrogen-bond acceptors (Lipinski definition) is 1. The maximum Gasteiger partial charge on any atom is 0.417 e. The van der Waals surface area contributed by atoms with Crippen molar-refractivity contribution < 1.29 is 79.0 Å². The van der Waals surface area contributed by atoms with Gasteiger partial charge in [0, 0.05) is 32.7 Å². The number of nitriles is 1. The standard InChI is InChI=1S/C61H29F18N3/c62-56(63,64)35-17-19-39(46(28-35)60(74,75)76)31-15-21-50-44(25-31)42-8-1-3-11-48(42)81(50)52-13-5-7-33(30-80)54(52)55-41(34-23-37(58(68,69)70)27-38(24-34)59(71,72)73)10-6-14-53(55)82-49-12-4-2-9-43(49)45-26-32(16-22-51(45)82)40-20-18-36(57(65,66)67)29-47(40)61(77,78)79/h1-29H. The zero-order valence-electron chi connectivity index (χ0n) is 40.9. The van der Waals surface area contributed by atoms with Gasteiger partial charge in [0.25, 0.3) is 0 Å². The lowest BCUT2D eigenvalue weighted by Crippen LogP contribution is -2.12. The number of para-hydroxylation sites is 2. The van der Waals surface area contributed by atoms with E-state index in [1.807, 2.05) is 0 Å². The summed E-state index contributed by atoms with van der Waals surface area (Å²) in [4.78, 5) is 0. The van der Waals surface area contributed by atoms with Gasteiger partial charge in [-0.25, -0.2) is 0 Å². The third-order valence-corrected chi connectivity index (χ3v) is 14.1. The number of alkyl halides is 18. The van der Waals surface area contributed by atoms with Crippen LogP contribution in [0, 0.1) is 11.3 Å². The van der Waals surface area contributed by atoms with E-state index in [-0.39, 0.29) is 95.8 Å². The first kappa shape index (κ1) is 54.8. The molecule has 0 saturated heterocycles. The molecule has 414 valence electrons. The molecule has 3 nitrogen and oxygen atoms in total. The molecule has 0 fully saturated rings. The Hall–Kier alpha value is -9.19. The molecular formula is C61H29F18N3. The van der Waals surface area contributed by atoms with Crippen LogP contribution in [0.1, 0.15) is 38.9 Å². The second-order valence-electron chi connectivity index (χ2n) is 19.0. The largest absolute Gasteiger partial charge is 0.417 e. The summed E-state index contributed by atoms with van der Waals surface area (Å²) in [6.07, 6.45) is -31.6. The van der Waals surface area contributed by atoms with Crippen molar-refractivity contribution in [2.45, 2.75) is 37.1 Å². The Balaban J connectivity index is 1.24. The molecule has 2 heterocycles. The summed E-state index contributed by atoms with van der Waals surface area (Å²) in [5.41, 5.74) is -12.2. The van der Waals surface area contributed by atoms with Crippen LogP contribution in [0.4, 0.5) is 79.0 Å². The minimum Gasteiger partial charge on any atom is -0.309 e. The summed E-state index contributed by atoms with van der Waals surface area (Å²) >= 11 is 0. The molecule has 21 heteroatoms. The second kappa shape index (κ2) is 19.0. The van der Waals surface area contributed by atoms with Crippen LogP contribution in [-0.4, -0.2) is 9.13 Å². The van der Waals surface area contributed by atoms with Crippen molar-refractivity contribution in [3.05, 3.63) is 215 Å². The molecule has 0 spiro atoms. The van der Waals surface area contributed by atoms with Gasteiger partial charge in [-0.2, -0.15) is 84.3 Å². The van der Waals surface area contributed by atoms with Crippen molar-refractivity contribution in [2.75, 3.05) is 0 Å². The first-order valence-electron chi connectivity index (χ1n) is 24.0. The first-order valence-corrected chi connectivity index (χ1v) is 24.0. The molecule has 0 amide bonds. The van der Waals surface area contributed by atoms with Crippen molar-refractivity contribution in [1.29, 1.82) is 5.26 Å². The van der Waals surface area contributed by atoms with E-state index in [0.717, 1.165) is 0 Å². The van der Waals surface area contributed by atoms with E-state index in [1.165, 1.54) is 81.9 Å². The lowest BCUT2D eigenvalue weighted by Gasteiger charge is -2.23. The van der Waals surface area contributed by atoms with E-state index in [1.54, 1.807) is 48.5 Å². The van der Waals surface area contributed by atoms with Gasteiger partial charge in [0.05, 0.1) is 78.5 Å². The van der Waals surface area contributed by atoms with Gasteiger partial charge in [-0.15, -0.1) is 0 Å². The Morgan fingerprint density at radius 1 is 0.293 bits per heavy atom. The van der Waals surface area contributed by atoms with Gasteiger partial charge in [-0.05, 0) is 130 Å². The lowest BCUT2D eigenvalue weighted by molar-refractivity contribution is -0.144. The molecule has 11 rings (SSSR count). The third-order valence-electron chi connectivity index (χ3n) is 14.1. The van der Waals surface area contributed by atoms with E-state index in [0.29, 0.717) is 47.2 Å². The van der Waals surface area contributed by atoms with Crippen LogP contribution in [-0.2, 0) is 37.1 Å². The fraction of sp³-hybridized carbons (Fsp3) is 0.0984. The van der Waals surface area contributed by atoms with Crippen LogP contribution in [0.5, 0.6) is 0 Å². The van der Waals surface area contributed by atoms with Gasteiger partial charge in [-0.3, -0.25) is 0 Å². The number of rotatable bonds is 6. The van der Waals surface area contributed by atoms with Gasteiger partial charge in [0.15, 0.2) is 0 Å². The van der Waals surface area contributed by atoms with Crippen LogP contribution in [0.2, 0.25) is 0 Å². The van der Waals surface area contributed by atoms with Gasteiger partial charge >= 0.3 is 37.1 Å². The molecule has 0 unspecified atom stereocenters. The summed E-state index contributed by atoms with van der Waals surface area (Å²) in [6.45, 7) is 0. The van der Waals surface area contributed by atoms with E-state index in [9.17, 15) is 84.3 Å².